The van der Waals surface area contributed by atoms with Crippen molar-refractivity contribution in [2.24, 2.45) is 0 Å². The van der Waals surface area contributed by atoms with Crippen LogP contribution in [0.4, 0.5) is 5.69 Å². The molecule has 1 aromatic heterocycles. The first-order valence-corrected chi connectivity index (χ1v) is 11.4. The standard InChI is InChI=1S/C27H23BrN2O3/c1-4-33-27(32)19-9-11-21(12-10-19)29-26(31)23-15-24(18-7-5-16(2)6-8-18)30-25-17(3)13-20(28)14-22(23)25/h5-15H,4H2,1-3H3,(H,29,31). The van der Waals surface area contributed by atoms with Gasteiger partial charge in [-0.05, 0) is 68.8 Å². The lowest BCUT2D eigenvalue weighted by Crippen LogP contribution is -2.13. The third-order valence-corrected chi connectivity index (χ3v) is 5.77. The largest absolute Gasteiger partial charge is 0.462 e. The van der Waals surface area contributed by atoms with Crippen molar-refractivity contribution < 1.29 is 14.3 Å². The number of amides is 1. The molecule has 0 radical (unpaired) electrons. The number of pyridine rings is 1. The van der Waals surface area contributed by atoms with E-state index in [1.807, 2.05) is 56.3 Å². The lowest BCUT2D eigenvalue weighted by molar-refractivity contribution is 0.0526. The van der Waals surface area contributed by atoms with Crippen molar-refractivity contribution in [3.8, 4) is 11.3 Å². The van der Waals surface area contributed by atoms with Crippen LogP contribution < -0.4 is 5.32 Å². The molecule has 0 bridgehead atoms. The molecule has 4 rings (SSSR count). The number of hydrogen-bond acceptors (Lipinski definition) is 4. The smallest absolute Gasteiger partial charge is 0.338 e. The number of aromatic nitrogens is 1. The number of hydrogen-bond donors (Lipinski definition) is 1. The van der Waals surface area contributed by atoms with Crippen molar-refractivity contribution in [1.82, 2.24) is 4.98 Å². The zero-order chi connectivity index (χ0) is 23.5. The normalized spacial score (nSPS) is 10.8. The minimum Gasteiger partial charge on any atom is -0.462 e. The number of anilines is 1. The molecule has 0 fully saturated rings. The first-order chi connectivity index (χ1) is 15.9. The molecule has 5 nitrogen and oxygen atoms in total. The Labute approximate surface area is 200 Å². The molecule has 0 saturated carbocycles. The molecular weight excluding hydrogens is 480 g/mol. The maximum absolute atomic E-state index is 13.4. The van der Waals surface area contributed by atoms with Gasteiger partial charge in [-0.25, -0.2) is 9.78 Å². The van der Waals surface area contributed by atoms with E-state index in [4.69, 9.17) is 9.72 Å². The summed E-state index contributed by atoms with van der Waals surface area (Å²) < 4.78 is 5.89. The fraction of sp³-hybridized carbons (Fsp3) is 0.148. The lowest BCUT2D eigenvalue weighted by atomic mass is 10.0. The second-order valence-electron chi connectivity index (χ2n) is 7.79. The Morgan fingerprint density at radius 3 is 2.33 bits per heavy atom. The number of halogens is 1. The third-order valence-electron chi connectivity index (χ3n) is 5.31. The zero-order valence-electron chi connectivity index (χ0n) is 18.6. The Morgan fingerprint density at radius 2 is 1.67 bits per heavy atom. The molecule has 0 saturated heterocycles. The third kappa shape index (κ3) is 4.96. The number of aryl methyl sites for hydroxylation is 2. The van der Waals surface area contributed by atoms with Crippen LogP contribution in [0.1, 0.15) is 38.8 Å². The van der Waals surface area contributed by atoms with E-state index in [2.05, 4.69) is 21.2 Å². The summed E-state index contributed by atoms with van der Waals surface area (Å²) in [5.41, 5.74) is 6.12. The number of fused-ring (bicyclic) bond motifs is 1. The number of benzene rings is 3. The van der Waals surface area contributed by atoms with Gasteiger partial charge in [0, 0.05) is 21.1 Å². The number of carbonyl (C=O) groups is 2. The molecule has 33 heavy (non-hydrogen) atoms. The molecule has 1 amide bonds. The lowest BCUT2D eigenvalue weighted by Gasteiger charge is -2.13. The van der Waals surface area contributed by atoms with Crippen molar-refractivity contribution in [3.05, 3.63) is 93.5 Å². The van der Waals surface area contributed by atoms with Gasteiger partial charge in [-0.1, -0.05) is 45.8 Å². The van der Waals surface area contributed by atoms with Crippen LogP contribution in [0.5, 0.6) is 0 Å². The maximum Gasteiger partial charge on any atom is 0.338 e. The van der Waals surface area contributed by atoms with Gasteiger partial charge in [0.2, 0.25) is 0 Å². The first-order valence-electron chi connectivity index (χ1n) is 10.6. The topological polar surface area (TPSA) is 68.3 Å². The van der Waals surface area contributed by atoms with Gasteiger partial charge in [0.1, 0.15) is 0 Å². The Kier molecular flexibility index (Phi) is 6.56. The van der Waals surface area contributed by atoms with Gasteiger partial charge in [-0.3, -0.25) is 4.79 Å². The average Bonchev–Trinajstić information content (AvgIpc) is 2.79. The van der Waals surface area contributed by atoms with E-state index in [1.165, 1.54) is 0 Å². The molecule has 0 aliphatic carbocycles. The molecule has 6 heteroatoms. The predicted octanol–water partition coefficient (Wildman–Crippen LogP) is 6.71. The highest BCUT2D eigenvalue weighted by molar-refractivity contribution is 9.10. The van der Waals surface area contributed by atoms with Gasteiger partial charge in [-0.15, -0.1) is 0 Å². The van der Waals surface area contributed by atoms with Crippen LogP contribution in [0.3, 0.4) is 0 Å². The van der Waals surface area contributed by atoms with Crippen molar-refractivity contribution in [3.63, 3.8) is 0 Å². The number of esters is 1. The Hall–Kier alpha value is -3.51. The van der Waals surface area contributed by atoms with E-state index in [-0.39, 0.29) is 5.91 Å². The van der Waals surface area contributed by atoms with Crippen LogP contribution in [-0.4, -0.2) is 23.5 Å². The van der Waals surface area contributed by atoms with E-state index in [0.717, 1.165) is 37.8 Å². The molecule has 0 aliphatic rings. The average molecular weight is 503 g/mol. The highest BCUT2D eigenvalue weighted by Crippen LogP contribution is 2.30. The molecular formula is C27H23BrN2O3. The molecule has 1 N–H and O–H groups in total. The number of rotatable bonds is 5. The van der Waals surface area contributed by atoms with Crippen molar-refractivity contribution >= 4 is 44.4 Å². The summed E-state index contributed by atoms with van der Waals surface area (Å²) in [6.45, 7) is 6.08. The molecule has 0 unspecified atom stereocenters. The van der Waals surface area contributed by atoms with Crippen LogP contribution in [0, 0.1) is 13.8 Å². The molecule has 0 aliphatic heterocycles. The second-order valence-corrected chi connectivity index (χ2v) is 8.71. The van der Waals surface area contributed by atoms with Crippen LogP contribution >= 0.6 is 15.9 Å². The summed E-state index contributed by atoms with van der Waals surface area (Å²) in [6, 6.07) is 20.4. The van der Waals surface area contributed by atoms with Crippen molar-refractivity contribution in [2.75, 3.05) is 11.9 Å². The maximum atomic E-state index is 13.4. The zero-order valence-corrected chi connectivity index (χ0v) is 20.2. The Morgan fingerprint density at radius 1 is 0.970 bits per heavy atom. The van der Waals surface area contributed by atoms with Crippen LogP contribution in [0.2, 0.25) is 0 Å². The molecule has 3 aromatic carbocycles. The summed E-state index contributed by atoms with van der Waals surface area (Å²) in [5.74, 6) is -0.643. The van der Waals surface area contributed by atoms with E-state index in [1.54, 1.807) is 31.2 Å². The van der Waals surface area contributed by atoms with E-state index in [0.29, 0.717) is 23.4 Å². The highest BCUT2D eigenvalue weighted by atomic mass is 79.9. The Bertz CT molecular complexity index is 1350. The molecule has 4 aromatic rings. The second kappa shape index (κ2) is 9.55. The number of nitrogens with one attached hydrogen (secondary N) is 1. The summed E-state index contributed by atoms with van der Waals surface area (Å²) in [5, 5.41) is 3.70. The van der Waals surface area contributed by atoms with Gasteiger partial charge >= 0.3 is 5.97 Å². The Balaban J connectivity index is 1.74. The first kappa shape index (κ1) is 22.7. The summed E-state index contributed by atoms with van der Waals surface area (Å²) >= 11 is 3.54. The molecule has 1 heterocycles. The van der Waals surface area contributed by atoms with Crippen LogP contribution in [0.25, 0.3) is 22.2 Å². The minimum absolute atomic E-state index is 0.253. The van der Waals surface area contributed by atoms with E-state index >= 15 is 0 Å². The monoisotopic (exact) mass is 502 g/mol. The predicted molar refractivity (Wildman–Crippen MR) is 135 cm³/mol. The van der Waals surface area contributed by atoms with Crippen molar-refractivity contribution in [1.29, 1.82) is 0 Å². The van der Waals surface area contributed by atoms with E-state index < -0.39 is 5.97 Å². The number of ether oxygens (including phenoxy) is 1. The van der Waals surface area contributed by atoms with Gasteiger partial charge in [0.15, 0.2) is 0 Å². The van der Waals surface area contributed by atoms with Gasteiger partial charge in [0.25, 0.3) is 5.91 Å². The van der Waals surface area contributed by atoms with Gasteiger partial charge in [0.05, 0.1) is 28.9 Å². The van der Waals surface area contributed by atoms with Gasteiger partial charge in [-0.2, -0.15) is 0 Å². The summed E-state index contributed by atoms with van der Waals surface area (Å²) in [7, 11) is 0. The summed E-state index contributed by atoms with van der Waals surface area (Å²) in [4.78, 5) is 30.1. The fourth-order valence-corrected chi connectivity index (χ4v) is 4.19. The van der Waals surface area contributed by atoms with Crippen molar-refractivity contribution in [2.45, 2.75) is 20.8 Å². The minimum atomic E-state index is -0.390. The van der Waals surface area contributed by atoms with Gasteiger partial charge < -0.3 is 10.1 Å². The molecule has 166 valence electrons. The highest BCUT2D eigenvalue weighted by Gasteiger charge is 2.17. The fourth-order valence-electron chi connectivity index (χ4n) is 3.62. The number of carbonyl (C=O) groups excluding carboxylic acids is 2. The SMILES string of the molecule is CCOC(=O)c1ccc(NC(=O)c2cc(-c3ccc(C)cc3)nc3c(C)cc(Br)cc23)cc1. The molecule has 0 spiro atoms. The van der Waals surface area contributed by atoms with E-state index in [9.17, 15) is 9.59 Å². The number of nitrogens with zero attached hydrogens (tertiary/aromatic N) is 1. The van der Waals surface area contributed by atoms with Crippen LogP contribution in [0.15, 0.2) is 71.2 Å². The summed E-state index contributed by atoms with van der Waals surface area (Å²) in [6.07, 6.45) is 0. The van der Waals surface area contributed by atoms with Crippen LogP contribution in [-0.2, 0) is 4.74 Å². The quantitative estimate of drug-likeness (QED) is 0.308. The molecule has 0 atom stereocenters.